The van der Waals surface area contributed by atoms with Crippen LogP contribution in [0.2, 0.25) is 0 Å². The van der Waals surface area contributed by atoms with Crippen LogP contribution >= 0.6 is 27.7 Å². The maximum absolute atomic E-state index is 12.0. The van der Waals surface area contributed by atoms with Crippen LogP contribution in [0, 0.1) is 13.8 Å². The molecule has 4 heteroatoms. The van der Waals surface area contributed by atoms with Crippen LogP contribution in [-0.4, -0.2) is 11.7 Å². The zero-order valence-corrected chi connectivity index (χ0v) is 14.6. The second-order valence-electron chi connectivity index (χ2n) is 4.93. The van der Waals surface area contributed by atoms with Gasteiger partial charge in [0.15, 0.2) is 0 Å². The number of para-hydroxylation sites is 1. The molecule has 0 saturated heterocycles. The van der Waals surface area contributed by atoms with E-state index in [4.69, 9.17) is 0 Å². The molecule has 1 N–H and O–H groups in total. The van der Waals surface area contributed by atoms with E-state index in [9.17, 15) is 4.79 Å². The highest BCUT2D eigenvalue weighted by Gasteiger charge is 2.07. The summed E-state index contributed by atoms with van der Waals surface area (Å²) >= 11 is 5.04. The highest BCUT2D eigenvalue weighted by molar-refractivity contribution is 9.10. The summed E-state index contributed by atoms with van der Waals surface area (Å²) in [6, 6.07) is 14.2. The van der Waals surface area contributed by atoms with Gasteiger partial charge < -0.3 is 5.32 Å². The summed E-state index contributed by atoms with van der Waals surface area (Å²) in [6.07, 6.45) is 0. The number of hydrogen-bond acceptors (Lipinski definition) is 2. The van der Waals surface area contributed by atoms with Crippen LogP contribution in [0.5, 0.6) is 0 Å². The van der Waals surface area contributed by atoms with E-state index in [2.05, 4.69) is 33.4 Å². The lowest BCUT2D eigenvalue weighted by molar-refractivity contribution is -0.113. The zero-order valence-electron chi connectivity index (χ0n) is 12.2. The van der Waals surface area contributed by atoms with Crippen LogP contribution in [0.15, 0.2) is 46.9 Å². The molecule has 0 fully saturated rings. The van der Waals surface area contributed by atoms with E-state index >= 15 is 0 Å². The topological polar surface area (TPSA) is 29.1 Å². The minimum Gasteiger partial charge on any atom is -0.325 e. The average Bonchev–Trinajstić information content (AvgIpc) is 2.45. The van der Waals surface area contributed by atoms with E-state index in [1.807, 2.05) is 44.2 Å². The highest BCUT2D eigenvalue weighted by Crippen LogP contribution is 2.20. The number of halogens is 1. The maximum atomic E-state index is 12.0. The molecule has 0 atom stereocenters. The molecule has 0 aliphatic carbocycles. The molecular formula is C17H18BrNOS. The zero-order chi connectivity index (χ0) is 15.2. The van der Waals surface area contributed by atoms with Gasteiger partial charge in [0.05, 0.1) is 5.75 Å². The third kappa shape index (κ3) is 4.90. The van der Waals surface area contributed by atoms with Gasteiger partial charge in [0.1, 0.15) is 0 Å². The number of rotatable bonds is 5. The van der Waals surface area contributed by atoms with Crippen molar-refractivity contribution in [3.63, 3.8) is 0 Å². The highest BCUT2D eigenvalue weighted by atomic mass is 79.9. The first kappa shape index (κ1) is 16.1. The lowest BCUT2D eigenvalue weighted by atomic mass is 10.1. The Bertz CT molecular complexity index is 605. The van der Waals surface area contributed by atoms with Crippen molar-refractivity contribution in [2.24, 2.45) is 0 Å². The molecule has 0 unspecified atom stereocenters. The number of hydrogen-bond donors (Lipinski definition) is 1. The van der Waals surface area contributed by atoms with Gasteiger partial charge in [-0.1, -0.05) is 46.3 Å². The van der Waals surface area contributed by atoms with Crippen molar-refractivity contribution in [2.75, 3.05) is 11.1 Å². The summed E-state index contributed by atoms with van der Waals surface area (Å²) in [6.45, 7) is 4.02. The van der Waals surface area contributed by atoms with Gasteiger partial charge in [0.25, 0.3) is 0 Å². The first-order valence-electron chi connectivity index (χ1n) is 6.74. The maximum Gasteiger partial charge on any atom is 0.234 e. The fourth-order valence-corrected chi connectivity index (χ4v) is 3.08. The van der Waals surface area contributed by atoms with Crippen molar-refractivity contribution >= 4 is 39.3 Å². The molecule has 2 aromatic rings. The van der Waals surface area contributed by atoms with Gasteiger partial charge in [-0.25, -0.2) is 0 Å². The predicted molar refractivity (Wildman–Crippen MR) is 94.8 cm³/mol. The molecule has 0 heterocycles. The number of thioether (sulfide) groups is 1. The van der Waals surface area contributed by atoms with Crippen LogP contribution in [0.4, 0.5) is 5.69 Å². The van der Waals surface area contributed by atoms with Crippen LogP contribution < -0.4 is 5.32 Å². The van der Waals surface area contributed by atoms with Gasteiger partial charge >= 0.3 is 0 Å². The first-order chi connectivity index (χ1) is 10.1. The summed E-state index contributed by atoms with van der Waals surface area (Å²) in [7, 11) is 0. The van der Waals surface area contributed by atoms with Gasteiger partial charge in [-0.3, -0.25) is 4.79 Å². The van der Waals surface area contributed by atoms with Crippen LogP contribution in [0.25, 0.3) is 0 Å². The Kier molecular flexibility index (Phi) is 5.88. The third-order valence-electron chi connectivity index (χ3n) is 3.16. The first-order valence-corrected chi connectivity index (χ1v) is 8.69. The Morgan fingerprint density at radius 1 is 1.10 bits per heavy atom. The molecule has 0 spiro atoms. The molecular weight excluding hydrogens is 346 g/mol. The molecule has 0 aliphatic heterocycles. The van der Waals surface area contributed by atoms with Crippen molar-refractivity contribution in [1.29, 1.82) is 0 Å². The van der Waals surface area contributed by atoms with Crippen molar-refractivity contribution in [3.05, 3.63) is 63.6 Å². The quantitative estimate of drug-likeness (QED) is 0.814. The SMILES string of the molecule is Cc1cccc(C)c1NC(=O)CSCc1ccc(Br)cc1. The largest absolute Gasteiger partial charge is 0.325 e. The number of carbonyl (C=O) groups excluding carboxylic acids is 1. The van der Waals surface area contributed by atoms with Gasteiger partial charge in [-0.2, -0.15) is 0 Å². The van der Waals surface area contributed by atoms with E-state index in [0.29, 0.717) is 5.75 Å². The summed E-state index contributed by atoms with van der Waals surface area (Å²) < 4.78 is 1.07. The lowest BCUT2D eigenvalue weighted by Gasteiger charge is -2.11. The fourth-order valence-electron chi connectivity index (χ4n) is 2.03. The molecule has 1 amide bonds. The molecule has 2 nitrogen and oxygen atoms in total. The molecule has 2 aromatic carbocycles. The number of aryl methyl sites for hydroxylation is 2. The van der Waals surface area contributed by atoms with Gasteiger partial charge in [0.2, 0.25) is 5.91 Å². The fraction of sp³-hybridized carbons (Fsp3) is 0.235. The van der Waals surface area contributed by atoms with Crippen molar-refractivity contribution in [3.8, 4) is 0 Å². The van der Waals surface area contributed by atoms with Gasteiger partial charge in [-0.05, 0) is 42.7 Å². The Morgan fingerprint density at radius 2 is 1.71 bits per heavy atom. The number of carbonyl (C=O) groups is 1. The average molecular weight is 364 g/mol. The minimum absolute atomic E-state index is 0.0505. The Labute approximate surface area is 138 Å². The Balaban J connectivity index is 1.84. The Hall–Kier alpha value is -1.26. The normalized spacial score (nSPS) is 10.4. The van der Waals surface area contributed by atoms with Crippen molar-refractivity contribution in [1.82, 2.24) is 0 Å². The second kappa shape index (κ2) is 7.66. The van der Waals surface area contributed by atoms with E-state index in [-0.39, 0.29) is 5.91 Å². The smallest absolute Gasteiger partial charge is 0.234 e. The van der Waals surface area contributed by atoms with E-state index in [1.54, 1.807) is 11.8 Å². The standard InChI is InChI=1S/C17H18BrNOS/c1-12-4-3-5-13(2)17(12)19-16(20)11-21-10-14-6-8-15(18)9-7-14/h3-9H,10-11H2,1-2H3,(H,19,20). The molecule has 0 aliphatic rings. The van der Waals surface area contributed by atoms with Crippen molar-refractivity contribution < 1.29 is 4.79 Å². The molecule has 0 aromatic heterocycles. The van der Waals surface area contributed by atoms with E-state index in [0.717, 1.165) is 27.0 Å². The number of anilines is 1. The summed E-state index contributed by atoms with van der Waals surface area (Å²) in [4.78, 5) is 12.0. The summed E-state index contributed by atoms with van der Waals surface area (Å²) in [5, 5.41) is 3.01. The lowest BCUT2D eigenvalue weighted by Crippen LogP contribution is -2.15. The molecule has 2 rings (SSSR count). The molecule has 0 radical (unpaired) electrons. The van der Waals surface area contributed by atoms with Gasteiger partial charge in [0, 0.05) is 15.9 Å². The number of amides is 1. The Morgan fingerprint density at radius 3 is 2.33 bits per heavy atom. The molecule has 110 valence electrons. The van der Waals surface area contributed by atoms with Crippen LogP contribution in [0.1, 0.15) is 16.7 Å². The minimum atomic E-state index is 0.0505. The molecule has 0 saturated carbocycles. The second-order valence-corrected chi connectivity index (χ2v) is 6.84. The summed E-state index contributed by atoms with van der Waals surface area (Å²) in [5.41, 5.74) is 4.36. The third-order valence-corrected chi connectivity index (χ3v) is 4.69. The monoisotopic (exact) mass is 363 g/mol. The predicted octanol–water partition coefficient (Wildman–Crippen LogP) is 4.94. The number of nitrogens with one attached hydrogen (secondary N) is 1. The number of benzene rings is 2. The van der Waals surface area contributed by atoms with Crippen LogP contribution in [0.3, 0.4) is 0 Å². The van der Waals surface area contributed by atoms with E-state index < -0.39 is 0 Å². The van der Waals surface area contributed by atoms with E-state index in [1.165, 1.54) is 5.56 Å². The molecule has 21 heavy (non-hydrogen) atoms. The van der Waals surface area contributed by atoms with Crippen molar-refractivity contribution in [2.45, 2.75) is 19.6 Å². The van der Waals surface area contributed by atoms with Gasteiger partial charge in [-0.15, -0.1) is 11.8 Å². The molecule has 0 bridgehead atoms. The summed E-state index contributed by atoms with van der Waals surface area (Å²) in [5.74, 6) is 1.35. The van der Waals surface area contributed by atoms with Crippen LogP contribution in [-0.2, 0) is 10.5 Å².